The van der Waals surface area contributed by atoms with Crippen LogP contribution in [0.4, 0.5) is 5.69 Å². The smallest absolute Gasteiger partial charge is 0.267 e. The molecule has 0 aliphatic heterocycles. The van der Waals surface area contributed by atoms with Crippen LogP contribution in [-0.4, -0.2) is 29.8 Å². The SMILES string of the molecule is CC(=O)N(/C=C(/C#N)C(=O)Nc1ccccc1Sc1ccccc1)CCN. The largest absolute Gasteiger partial charge is 0.329 e. The van der Waals surface area contributed by atoms with E-state index in [9.17, 15) is 14.9 Å². The second-order valence-corrected chi connectivity index (χ2v) is 6.64. The standard InChI is InChI=1S/C20H20N4O2S/c1-15(25)24(12-11-21)14-16(13-22)20(26)23-18-9-5-6-10-19(18)27-17-7-3-2-4-8-17/h2-10,14H,11-12,21H2,1H3,(H,23,26)/b16-14-. The molecule has 0 bridgehead atoms. The fraction of sp³-hybridized carbons (Fsp3) is 0.150. The van der Waals surface area contributed by atoms with Crippen LogP contribution in [0.2, 0.25) is 0 Å². The van der Waals surface area contributed by atoms with Crippen molar-refractivity contribution in [3.8, 4) is 6.07 Å². The van der Waals surface area contributed by atoms with Crippen molar-refractivity contribution in [3.05, 3.63) is 66.4 Å². The summed E-state index contributed by atoms with van der Waals surface area (Å²) in [7, 11) is 0. The molecule has 2 aromatic rings. The number of anilines is 1. The first-order valence-corrected chi connectivity index (χ1v) is 9.09. The van der Waals surface area contributed by atoms with Crippen LogP contribution in [0.1, 0.15) is 6.92 Å². The van der Waals surface area contributed by atoms with E-state index in [1.54, 1.807) is 12.1 Å². The minimum absolute atomic E-state index is 0.168. The van der Waals surface area contributed by atoms with Gasteiger partial charge < -0.3 is 16.0 Å². The number of nitrogens with two attached hydrogens (primary N) is 1. The molecule has 3 N–H and O–H groups in total. The Hall–Kier alpha value is -3.08. The predicted molar refractivity (Wildman–Crippen MR) is 106 cm³/mol. The zero-order valence-electron chi connectivity index (χ0n) is 14.9. The second-order valence-electron chi connectivity index (χ2n) is 5.52. The minimum Gasteiger partial charge on any atom is -0.329 e. The van der Waals surface area contributed by atoms with Crippen LogP contribution in [0.25, 0.3) is 0 Å². The molecule has 2 aromatic carbocycles. The van der Waals surface area contributed by atoms with Crippen molar-refractivity contribution in [1.29, 1.82) is 5.26 Å². The molecule has 0 spiro atoms. The van der Waals surface area contributed by atoms with Crippen molar-refractivity contribution in [1.82, 2.24) is 4.90 Å². The molecule has 7 heteroatoms. The summed E-state index contributed by atoms with van der Waals surface area (Å²) in [4.78, 5) is 27.3. The average Bonchev–Trinajstić information content (AvgIpc) is 2.67. The number of amides is 2. The van der Waals surface area contributed by atoms with Crippen LogP contribution in [0, 0.1) is 11.3 Å². The van der Waals surface area contributed by atoms with Crippen LogP contribution < -0.4 is 11.1 Å². The maximum absolute atomic E-state index is 12.5. The Morgan fingerprint density at radius 3 is 2.48 bits per heavy atom. The van der Waals surface area contributed by atoms with Gasteiger partial charge in [0.1, 0.15) is 11.6 Å². The number of nitrogens with zero attached hydrogens (tertiary/aromatic N) is 2. The van der Waals surface area contributed by atoms with Crippen LogP contribution in [0.5, 0.6) is 0 Å². The number of rotatable bonds is 7. The fourth-order valence-electron chi connectivity index (χ4n) is 2.21. The lowest BCUT2D eigenvalue weighted by Gasteiger charge is -2.16. The highest BCUT2D eigenvalue weighted by atomic mass is 32.2. The van der Waals surface area contributed by atoms with Gasteiger partial charge in [-0.05, 0) is 24.3 Å². The van der Waals surface area contributed by atoms with Gasteiger partial charge in [0.2, 0.25) is 5.91 Å². The molecule has 0 aromatic heterocycles. The highest BCUT2D eigenvalue weighted by Gasteiger charge is 2.15. The summed E-state index contributed by atoms with van der Waals surface area (Å²) in [5.74, 6) is -0.872. The number of nitriles is 1. The predicted octanol–water partition coefficient (Wildman–Crippen LogP) is 2.99. The molecule has 6 nitrogen and oxygen atoms in total. The van der Waals surface area contributed by atoms with Crippen LogP contribution >= 0.6 is 11.8 Å². The van der Waals surface area contributed by atoms with Gasteiger partial charge in [0, 0.05) is 36.0 Å². The Bertz CT molecular complexity index is 875. The van der Waals surface area contributed by atoms with E-state index < -0.39 is 5.91 Å². The van der Waals surface area contributed by atoms with Gasteiger partial charge in [0.25, 0.3) is 5.91 Å². The van der Waals surface area contributed by atoms with E-state index in [1.165, 1.54) is 29.8 Å². The lowest BCUT2D eigenvalue weighted by Crippen LogP contribution is -2.30. The maximum atomic E-state index is 12.5. The molecular formula is C20H20N4O2S. The zero-order chi connectivity index (χ0) is 19.6. The molecule has 0 radical (unpaired) electrons. The van der Waals surface area contributed by atoms with Crippen LogP contribution in [0.3, 0.4) is 0 Å². The van der Waals surface area contributed by atoms with Gasteiger partial charge in [0.15, 0.2) is 0 Å². The summed E-state index contributed by atoms with van der Waals surface area (Å²) in [5, 5.41) is 12.1. The fourth-order valence-corrected chi connectivity index (χ4v) is 3.13. The highest BCUT2D eigenvalue weighted by molar-refractivity contribution is 7.99. The van der Waals surface area contributed by atoms with Gasteiger partial charge in [-0.15, -0.1) is 0 Å². The third kappa shape index (κ3) is 5.99. The molecule has 0 aliphatic carbocycles. The highest BCUT2D eigenvalue weighted by Crippen LogP contribution is 2.33. The Balaban J connectivity index is 2.21. The summed E-state index contributed by atoms with van der Waals surface area (Å²) >= 11 is 1.50. The molecule has 27 heavy (non-hydrogen) atoms. The van der Waals surface area contributed by atoms with E-state index in [0.717, 1.165) is 9.79 Å². The molecule has 0 aliphatic rings. The third-order valence-corrected chi connectivity index (χ3v) is 4.61. The normalized spacial score (nSPS) is 10.8. The monoisotopic (exact) mass is 380 g/mol. The summed E-state index contributed by atoms with van der Waals surface area (Å²) in [5.41, 5.74) is 5.89. The van der Waals surface area contributed by atoms with Crippen molar-refractivity contribution in [2.24, 2.45) is 5.73 Å². The van der Waals surface area contributed by atoms with Crippen molar-refractivity contribution >= 4 is 29.3 Å². The summed E-state index contributed by atoms with van der Waals surface area (Å²) < 4.78 is 0. The van der Waals surface area contributed by atoms with E-state index in [0.29, 0.717) is 5.69 Å². The van der Waals surface area contributed by atoms with E-state index >= 15 is 0 Å². The molecular weight excluding hydrogens is 360 g/mol. The number of hydrogen-bond donors (Lipinski definition) is 2. The number of hydrogen-bond acceptors (Lipinski definition) is 5. The summed E-state index contributed by atoms with van der Waals surface area (Å²) in [6, 6.07) is 18.9. The number of benzene rings is 2. The molecule has 2 amide bonds. The van der Waals surface area contributed by atoms with E-state index in [2.05, 4.69) is 5.32 Å². The number of para-hydroxylation sites is 1. The molecule has 0 saturated heterocycles. The van der Waals surface area contributed by atoms with Gasteiger partial charge in [0.05, 0.1) is 5.69 Å². The molecule has 0 heterocycles. The molecule has 0 atom stereocenters. The third-order valence-electron chi connectivity index (χ3n) is 3.53. The lowest BCUT2D eigenvalue weighted by molar-refractivity contribution is -0.126. The van der Waals surface area contributed by atoms with Gasteiger partial charge in [-0.3, -0.25) is 9.59 Å². The first-order valence-electron chi connectivity index (χ1n) is 8.27. The number of carbonyl (C=O) groups is 2. The summed E-state index contributed by atoms with van der Waals surface area (Å²) in [6.07, 6.45) is 1.23. The molecule has 0 unspecified atom stereocenters. The second kappa shape index (κ2) is 10.2. The van der Waals surface area contributed by atoms with Crippen molar-refractivity contribution < 1.29 is 9.59 Å². The maximum Gasteiger partial charge on any atom is 0.267 e. The van der Waals surface area contributed by atoms with Crippen molar-refractivity contribution in [2.75, 3.05) is 18.4 Å². The minimum atomic E-state index is -0.582. The molecule has 0 saturated carbocycles. The van der Waals surface area contributed by atoms with Gasteiger partial charge in [-0.1, -0.05) is 42.1 Å². The Morgan fingerprint density at radius 2 is 1.85 bits per heavy atom. The van der Waals surface area contributed by atoms with E-state index in [1.807, 2.05) is 48.5 Å². The number of carbonyl (C=O) groups excluding carboxylic acids is 2. The number of nitrogens with one attached hydrogen (secondary N) is 1. The first-order chi connectivity index (χ1) is 13.0. The Kier molecular flexibility index (Phi) is 7.62. The summed E-state index contributed by atoms with van der Waals surface area (Å²) in [6.45, 7) is 1.81. The van der Waals surface area contributed by atoms with Crippen LogP contribution in [0.15, 0.2) is 76.2 Å². The lowest BCUT2D eigenvalue weighted by atomic mass is 10.2. The van der Waals surface area contributed by atoms with Crippen molar-refractivity contribution in [3.63, 3.8) is 0 Å². The van der Waals surface area contributed by atoms with E-state index in [-0.39, 0.29) is 24.6 Å². The van der Waals surface area contributed by atoms with Crippen molar-refractivity contribution in [2.45, 2.75) is 16.7 Å². The topological polar surface area (TPSA) is 99.2 Å². The quantitative estimate of drug-likeness (QED) is 0.568. The molecule has 138 valence electrons. The van der Waals surface area contributed by atoms with Gasteiger partial charge in [-0.2, -0.15) is 5.26 Å². The molecule has 0 fully saturated rings. The Morgan fingerprint density at radius 1 is 1.19 bits per heavy atom. The van der Waals surface area contributed by atoms with E-state index in [4.69, 9.17) is 5.73 Å². The van der Waals surface area contributed by atoms with Crippen LogP contribution in [-0.2, 0) is 9.59 Å². The molecule has 2 rings (SSSR count). The zero-order valence-corrected chi connectivity index (χ0v) is 15.7. The van der Waals surface area contributed by atoms with Gasteiger partial charge >= 0.3 is 0 Å². The Labute approximate surface area is 162 Å². The van der Waals surface area contributed by atoms with Gasteiger partial charge in [-0.25, -0.2) is 0 Å². The first kappa shape index (κ1) is 20.2. The average molecular weight is 380 g/mol.